The normalized spacial score (nSPS) is 24.8. The van der Waals surface area contributed by atoms with E-state index in [1.807, 2.05) is 12.2 Å². The van der Waals surface area contributed by atoms with E-state index < -0.39 is 18.5 Å². The minimum absolute atomic E-state index is 0.133. The number of ether oxygens (including phenoxy) is 1. The molecule has 2 aromatic rings. The molecule has 9 heteroatoms. The standard InChI is InChI=1S/C24H18BrClN2O5/c25-15-5-8-18(17(26)10-15)27-19(29)11-33-24(32)12-3-6-16(7-4-12)28-22(30)20-13-1-2-14(9-13)21(20)23(28)31/h1-8,10,13-14,20-21H,9,11H2,(H,27,29)/t13-,14-,20-,21+/m0/s1. The zero-order chi connectivity index (χ0) is 23.3. The summed E-state index contributed by atoms with van der Waals surface area (Å²) >= 11 is 9.35. The molecular weight excluding hydrogens is 512 g/mol. The third kappa shape index (κ3) is 3.87. The lowest BCUT2D eigenvalue weighted by Gasteiger charge is -2.17. The number of imide groups is 1. The third-order valence-electron chi connectivity index (χ3n) is 6.37. The number of anilines is 2. The van der Waals surface area contributed by atoms with Crippen LogP contribution in [0.25, 0.3) is 0 Å². The Morgan fingerprint density at radius 2 is 1.67 bits per heavy atom. The van der Waals surface area contributed by atoms with E-state index in [-0.39, 0.29) is 41.0 Å². The van der Waals surface area contributed by atoms with Gasteiger partial charge in [0.2, 0.25) is 11.8 Å². The molecule has 33 heavy (non-hydrogen) atoms. The highest BCUT2D eigenvalue weighted by Crippen LogP contribution is 2.53. The number of fused-ring (bicyclic) bond motifs is 5. The Hall–Kier alpha value is -2.97. The van der Waals surface area contributed by atoms with Crippen LogP contribution in [0.5, 0.6) is 0 Å². The third-order valence-corrected chi connectivity index (χ3v) is 7.18. The second kappa shape index (κ2) is 8.43. The SMILES string of the molecule is O=C(COC(=O)c1ccc(N2C(=O)[C@@H]3[C@H](C2=O)[C@H]2C=C[C@H]3C2)cc1)Nc1ccc(Br)cc1Cl. The van der Waals surface area contributed by atoms with Crippen LogP contribution in [0.1, 0.15) is 16.8 Å². The first-order valence-corrected chi connectivity index (χ1v) is 11.6. The number of esters is 1. The van der Waals surface area contributed by atoms with Crippen molar-refractivity contribution < 1.29 is 23.9 Å². The van der Waals surface area contributed by atoms with Gasteiger partial charge in [0, 0.05) is 4.47 Å². The number of carbonyl (C=O) groups is 4. The van der Waals surface area contributed by atoms with E-state index in [0.717, 1.165) is 10.9 Å². The fourth-order valence-corrected chi connectivity index (χ4v) is 5.62. The van der Waals surface area contributed by atoms with Crippen LogP contribution < -0.4 is 10.2 Å². The van der Waals surface area contributed by atoms with Gasteiger partial charge < -0.3 is 10.1 Å². The number of amides is 3. The van der Waals surface area contributed by atoms with Crippen LogP contribution in [-0.2, 0) is 19.1 Å². The molecule has 3 amide bonds. The molecule has 0 spiro atoms. The maximum atomic E-state index is 12.9. The molecule has 0 aromatic heterocycles. The monoisotopic (exact) mass is 528 g/mol. The van der Waals surface area contributed by atoms with E-state index in [1.54, 1.807) is 30.3 Å². The number of halogens is 2. The molecule has 7 nitrogen and oxygen atoms in total. The van der Waals surface area contributed by atoms with E-state index in [0.29, 0.717) is 16.4 Å². The van der Waals surface area contributed by atoms with Crippen molar-refractivity contribution in [2.75, 3.05) is 16.8 Å². The Labute approximate surface area is 202 Å². The van der Waals surface area contributed by atoms with Gasteiger partial charge in [-0.1, -0.05) is 39.7 Å². The van der Waals surface area contributed by atoms with Crippen LogP contribution in [0.2, 0.25) is 5.02 Å². The number of nitrogens with zero attached hydrogens (tertiary/aromatic N) is 1. The first-order valence-electron chi connectivity index (χ1n) is 10.4. The number of rotatable bonds is 5. The molecule has 0 unspecified atom stereocenters. The Morgan fingerprint density at radius 1 is 1.03 bits per heavy atom. The van der Waals surface area contributed by atoms with Crippen molar-refractivity contribution in [3.8, 4) is 0 Å². The Bertz CT molecular complexity index is 1180. The molecule has 1 saturated heterocycles. The smallest absolute Gasteiger partial charge is 0.338 e. The van der Waals surface area contributed by atoms with Gasteiger partial charge in [0.15, 0.2) is 6.61 Å². The maximum absolute atomic E-state index is 12.9. The van der Waals surface area contributed by atoms with Gasteiger partial charge in [0.25, 0.3) is 5.91 Å². The fraction of sp³-hybridized carbons (Fsp3) is 0.250. The fourth-order valence-electron chi connectivity index (χ4n) is 4.89. The number of benzene rings is 2. The average Bonchev–Trinajstić information content (AvgIpc) is 3.48. The van der Waals surface area contributed by atoms with Gasteiger partial charge >= 0.3 is 5.97 Å². The Morgan fingerprint density at radius 3 is 2.27 bits per heavy atom. The lowest BCUT2D eigenvalue weighted by Crippen LogP contribution is -2.32. The van der Waals surface area contributed by atoms with Crippen molar-refractivity contribution in [2.24, 2.45) is 23.7 Å². The summed E-state index contributed by atoms with van der Waals surface area (Å²) in [6.07, 6.45) is 4.95. The summed E-state index contributed by atoms with van der Waals surface area (Å²) < 4.78 is 5.84. The number of allylic oxidation sites excluding steroid dienone is 2. The molecule has 2 bridgehead atoms. The van der Waals surface area contributed by atoms with Crippen LogP contribution in [0.15, 0.2) is 59.1 Å². The first kappa shape index (κ1) is 21.9. The van der Waals surface area contributed by atoms with Crippen molar-refractivity contribution in [2.45, 2.75) is 6.42 Å². The number of hydrogen-bond acceptors (Lipinski definition) is 5. The van der Waals surface area contributed by atoms with Crippen LogP contribution in [0, 0.1) is 23.7 Å². The van der Waals surface area contributed by atoms with Gasteiger partial charge in [-0.3, -0.25) is 19.3 Å². The van der Waals surface area contributed by atoms with E-state index >= 15 is 0 Å². The lowest BCUT2D eigenvalue weighted by molar-refractivity contribution is -0.123. The van der Waals surface area contributed by atoms with Crippen LogP contribution in [-0.4, -0.2) is 30.3 Å². The van der Waals surface area contributed by atoms with E-state index in [1.165, 1.54) is 17.0 Å². The first-order chi connectivity index (χ1) is 15.8. The molecule has 0 radical (unpaired) electrons. The lowest BCUT2D eigenvalue weighted by atomic mass is 9.85. The molecule has 3 aliphatic rings. The topological polar surface area (TPSA) is 92.8 Å². The van der Waals surface area contributed by atoms with Crippen molar-refractivity contribution in [3.05, 3.63) is 69.7 Å². The van der Waals surface area contributed by atoms with Crippen molar-refractivity contribution in [3.63, 3.8) is 0 Å². The van der Waals surface area contributed by atoms with Crippen molar-refractivity contribution >= 4 is 62.6 Å². The zero-order valence-electron chi connectivity index (χ0n) is 17.2. The van der Waals surface area contributed by atoms with E-state index in [2.05, 4.69) is 21.2 Å². The number of nitrogens with one attached hydrogen (secondary N) is 1. The minimum atomic E-state index is -0.697. The van der Waals surface area contributed by atoms with E-state index in [4.69, 9.17) is 16.3 Å². The second-order valence-electron chi connectivity index (χ2n) is 8.31. The van der Waals surface area contributed by atoms with Crippen LogP contribution in [0.4, 0.5) is 11.4 Å². The van der Waals surface area contributed by atoms with Crippen molar-refractivity contribution in [1.29, 1.82) is 0 Å². The highest BCUT2D eigenvalue weighted by molar-refractivity contribution is 9.10. The molecule has 1 heterocycles. The summed E-state index contributed by atoms with van der Waals surface area (Å²) in [7, 11) is 0. The predicted octanol–water partition coefficient (Wildman–Crippen LogP) is 4.21. The molecule has 1 aliphatic heterocycles. The Balaban J connectivity index is 1.20. The molecule has 4 atom stereocenters. The highest BCUT2D eigenvalue weighted by Gasteiger charge is 2.59. The molecule has 2 aliphatic carbocycles. The molecule has 2 fully saturated rings. The number of hydrogen-bond donors (Lipinski definition) is 1. The van der Waals surface area contributed by atoms with Gasteiger partial charge in [-0.15, -0.1) is 0 Å². The zero-order valence-corrected chi connectivity index (χ0v) is 19.5. The summed E-state index contributed by atoms with van der Waals surface area (Å²) in [6.45, 7) is -0.491. The van der Waals surface area contributed by atoms with Gasteiger partial charge in [0.05, 0.1) is 33.8 Å². The summed E-state index contributed by atoms with van der Waals surface area (Å²) in [5.41, 5.74) is 1.03. The molecule has 168 valence electrons. The van der Waals surface area contributed by atoms with Gasteiger partial charge in [-0.25, -0.2) is 4.79 Å². The summed E-state index contributed by atoms with van der Waals surface area (Å²) in [5.74, 6) is -1.89. The van der Waals surface area contributed by atoms with E-state index in [9.17, 15) is 19.2 Å². The predicted molar refractivity (Wildman–Crippen MR) is 125 cm³/mol. The summed E-state index contributed by atoms with van der Waals surface area (Å²) in [4.78, 5) is 51.5. The average molecular weight is 530 g/mol. The summed E-state index contributed by atoms with van der Waals surface area (Å²) in [5, 5.41) is 2.92. The van der Waals surface area contributed by atoms with Crippen molar-refractivity contribution in [1.82, 2.24) is 0 Å². The quantitative estimate of drug-likeness (QED) is 0.356. The molecular formula is C24H18BrClN2O5. The van der Waals surface area contributed by atoms with Crippen LogP contribution >= 0.6 is 27.5 Å². The Kier molecular flexibility index (Phi) is 5.58. The maximum Gasteiger partial charge on any atom is 0.338 e. The molecule has 1 N–H and O–H groups in total. The highest BCUT2D eigenvalue weighted by atomic mass is 79.9. The molecule has 1 saturated carbocycles. The van der Waals surface area contributed by atoms with Gasteiger partial charge in [-0.2, -0.15) is 0 Å². The second-order valence-corrected chi connectivity index (χ2v) is 9.63. The minimum Gasteiger partial charge on any atom is -0.452 e. The van der Waals surface area contributed by atoms with Crippen LogP contribution in [0.3, 0.4) is 0 Å². The largest absolute Gasteiger partial charge is 0.452 e. The van der Waals surface area contributed by atoms with Gasteiger partial charge in [-0.05, 0) is 60.7 Å². The molecule has 2 aromatic carbocycles. The number of carbonyl (C=O) groups excluding carboxylic acids is 4. The summed E-state index contributed by atoms with van der Waals surface area (Å²) in [6, 6.07) is 11.0. The molecule has 5 rings (SSSR count). The van der Waals surface area contributed by atoms with Gasteiger partial charge in [0.1, 0.15) is 0 Å².